The standard InChI is InChI=1S/C17H17ClN4O5/c18-12-3-4-13(14(10-12)22(25)26)19-16(23)11-20-5-7-21(8-6-20)17(24)15-2-1-9-27-15/h1-4,9-10H,5-8,11H2,(H,19,23). The maximum Gasteiger partial charge on any atom is 0.294 e. The fraction of sp³-hybridized carbons (Fsp3) is 0.294. The Hall–Kier alpha value is -2.91. The van der Waals surface area contributed by atoms with Crippen molar-refractivity contribution in [2.45, 2.75) is 0 Å². The van der Waals surface area contributed by atoms with Crippen LogP contribution in [0.5, 0.6) is 0 Å². The third kappa shape index (κ3) is 4.63. The summed E-state index contributed by atoms with van der Waals surface area (Å²) < 4.78 is 5.11. The topological polar surface area (TPSA) is 109 Å². The van der Waals surface area contributed by atoms with Crippen molar-refractivity contribution in [3.63, 3.8) is 0 Å². The minimum Gasteiger partial charge on any atom is -0.459 e. The zero-order valence-corrected chi connectivity index (χ0v) is 15.0. The van der Waals surface area contributed by atoms with Gasteiger partial charge in [-0.2, -0.15) is 0 Å². The van der Waals surface area contributed by atoms with E-state index in [0.717, 1.165) is 0 Å². The van der Waals surface area contributed by atoms with Crippen molar-refractivity contribution in [2.24, 2.45) is 0 Å². The van der Waals surface area contributed by atoms with E-state index in [1.54, 1.807) is 17.0 Å². The normalized spacial score (nSPS) is 14.8. The van der Waals surface area contributed by atoms with E-state index < -0.39 is 4.92 Å². The van der Waals surface area contributed by atoms with E-state index >= 15 is 0 Å². The molecule has 2 amide bonds. The molecular formula is C17H17ClN4O5. The summed E-state index contributed by atoms with van der Waals surface area (Å²) in [6, 6.07) is 7.34. The van der Waals surface area contributed by atoms with E-state index in [0.29, 0.717) is 26.2 Å². The number of furan rings is 1. The number of hydrogen-bond donors (Lipinski definition) is 1. The zero-order chi connectivity index (χ0) is 19.4. The van der Waals surface area contributed by atoms with Crippen molar-refractivity contribution >= 4 is 34.8 Å². The van der Waals surface area contributed by atoms with Gasteiger partial charge in [-0.1, -0.05) is 11.6 Å². The highest BCUT2D eigenvalue weighted by atomic mass is 35.5. The van der Waals surface area contributed by atoms with E-state index in [1.165, 1.54) is 24.5 Å². The van der Waals surface area contributed by atoms with E-state index in [1.807, 2.05) is 4.90 Å². The Labute approximate surface area is 159 Å². The van der Waals surface area contributed by atoms with Crippen molar-refractivity contribution < 1.29 is 18.9 Å². The van der Waals surface area contributed by atoms with Crippen LogP contribution in [0.3, 0.4) is 0 Å². The van der Waals surface area contributed by atoms with Gasteiger partial charge in [0.2, 0.25) is 5.91 Å². The van der Waals surface area contributed by atoms with Crippen LogP contribution in [0.2, 0.25) is 5.02 Å². The Balaban J connectivity index is 1.53. The summed E-state index contributed by atoms with van der Waals surface area (Å²) in [4.78, 5) is 38.5. The molecule has 1 aliphatic rings. The lowest BCUT2D eigenvalue weighted by Gasteiger charge is -2.33. The van der Waals surface area contributed by atoms with Gasteiger partial charge in [-0.3, -0.25) is 24.6 Å². The second kappa shape index (κ2) is 8.19. The molecule has 1 aromatic carbocycles. The lowest BCUT2D eigenvalue weighted by Crippen LogP contribution is -2.50. The van der Waals surface area contributed by atoms with E-state index in [-0.39, 0.29) is 40.5 Å². The van der Waals surface area contributed by atoms with Gasteiger partial charge < -0.3 is 14.6 Å². The van der Waals surface area contributed by atoms with Gasteiger partial charge in [0, 0.05) is 37.3 Å². The molecule has 9 nitrogen and oxygen atoms in total. The minimum absolute atomic E-state index is 0.0720. The molecule has 2 aromatic rings. The fourth-order valence-corrected chi connectivity index (χ4v) is 2.99. The smallest absolute Gasteiger partial charge is 0.294 e. The molecule has 0 atom stereocenters. The third-order valence-corrected chi connectivity index (χ3v) is 4.42. The number of nitro benzene ring substituents is 1. The number of benzene rings is 1. The van der Waals surface area contributed by atoms with Gasteiger partial charge >= 0.3 is 0 Å². The van der Waals surface area contributed by atoms with Gasteiger partial charge in [-0.05, 0) is 24.3 Å². The summed E-state index contributed by atoms with van der Waals surface area (Å²) in [5.41, 5.74) is -0.161. The SMILES string of the molecule is O=C(CN1CCN(C(=O)c2ccco2)CC1)Nc1ccc(Cl)cc1[N+](=O)[O-]. The molecule has 2 heterocycles. The van der Waals surface area contributed by atoms with Crippen LogP contribution in [-0.4, -0.2) is 59.3 Å². The summed E-state index contributed by atoms with van der Waals surface area (Å²) in [6.45, 7) is 2.04. The summed E-state index contributed by atoms with van der Waals surface area (Å²) >= 11 is 5.77. The summed E-state index contributed by atoms with van der Waals surface area (Å²) in [5, 5.41) is 13.8. The first-order valence-electron chi connectivity index (χ1n) is 8.23. The number of carbonyl (C=O) groups excluding carboxylic acids is 2. The molecule has 0 saturated carbocycles. The van der Waals surface area contributed by atoms with Gasteiger partial charge in [0.25, 0.3) is 11.6 Å². The van der Waals surface area contributed by atoms with E-state index in [9.17, 15) is 19.7 Å². The molecule has 1 N–H and O–H groups in total. The number of piperazine rings is 1. The Morgan fingerprint density at radius 1 is 1.22 bits per heavy atom. The number of nitro groups is 1. The number of halogens is 1. The van der Waals surface area contributed by atoms with E-state index in [2.05, 4.69) is 5.32 Å². The van der Waals surface area contributed by atoms with Gasteiger partial charge in [0.1, 0.15) is 5.69 Å². The van der Waals surface area contributed by atoms with Crippen molar-refractivity contribution in [1.82, 2.24) is 9.80 Å². The molecule has 0 spiro atoms. The van der Waals surface area contributed by atoms with Crippen LogP contribution in [0, 0.1) is 10.1 Å². The average Bonchev–Trinajstić information content (AvgIpc) is 3.18. The molecule has 0 aliphatic carbocycles. The Bertz CT molecular complexity index is 847. The summed E-state index contributed by atoms with van der Waals surface area (Å²) in [6.07, 6.45) is 1.45. The molecule has 27 heavy (non-hydrogen) atoms. The van der Waals surface area contributed by atoms with Crippen molar-refractivity contribution in [3.8, 4) is 0 Å². The molecule has 1 fully saturated rings. The van der Waals surface area contributed by atoms with Crippen LogP contribution < -0.4 is 5.32 Å². The van der Waals surface area contributed by atoms with Crippen LogP contribution in [-0.2, 0) is 4.79 Å². The quantitative estimate of drug-likeness (QED) is 0.617. The monoisotopic (exact) mass is 392 g/mol. The van der Waals surface area contributed by atoms with Gasteiger partial charge in [-0.25, -0.2) is 0 Å². The molecule has 1 aromatic heterocycles. The number of carbonyl (C=O) groups is 2. The zero-order valence-electron chi connectivity index (χ0n) is 14.3. The summed E-state index contributed by atoms with van der Waals surface area (Å²) in [5.74, 6) is -0.261. The number of anilines is 1. The number of nitrogens with zero attached hydrogens (tertiary/aromatic N) is 3. The first-order chi connectivity index (χ1) is 12.9. The molecule has 3 rings (SSSR count). The average molecular weight is 393 g/mol. The Kier molecular flexibility index (Phi) is 5.72. The molecular weight excluding hydrogens is 376 g/mol. The first-order valence-corrected chi connectivity index (χ1v) is 8.61. The second-order valence-electron chi connectivity index (χ2n) is 6.01. The van der Waals surface area contributed by atoms with Crippen molar-refractivity contribution in [2.75, 3.05) is 38.0 Å². The fourth-order valence-electron chi connectivity index (χ4n) is 2.82. The predicted octanol–water partition coefficient (Wildman–Crippen LogP) is 2.24. The van der Waals surface area contributed by atoms with Gasteiger partial charge in [-0.15, -0.1) is 0 Å². The highest BCUT2D eigenvalue weighted by molar-refractivity contribution is 6.31. The van der Waals surface area contributed by atoms with Gasteiger partial charge in [0.05, 0.1) is 17.7 Å². The summed E-state index contributed by atoms with van der Waals surface area (Å²) in [7, 11) is 0. The van der Waals surface area contributed by atoms with Crippen molar-refractivity contribution in [1.29, 1.82) is 0 Å². The van der Waals surface area contributed by atoms with Crippen LogP contribution >= 0.6 is 11.6 Å². The predicted molar refractivity (Wildman–Crippen MR) is 97.8 cm³/mol. The van der Waals surface area contributed by atoms with Crippen LogP contribution in [0.1, 0.15) is 10.6 Å². The Morgan fingerprint density at radius 3 is 2.59 bits per heavy atom. The van der Waals surface area contributed by atoms with Crippen LogP contribution in [0.4, 0.5) is 11.4 Å². The lowest BCUT2D eigenvalue weighted by molar-refractivity contribution is -0.383. The molecule has 0 radical (unpaired) electrons. The van der Waals surface area contributed by atoms with Crippen molar-refractivity contribution in [3.05, 3.63) is 57.5 Å². The first kappa shape index (κ1) is 18.9. The van der Waals surface area contributed by atoms with E-state index in [4.69, 9.17) is 16.0 Å². The van der Waals surface area contributed by atoms with Crippen LogP contribution in [0.25, 0.3) is 0 Å². The molecule has 1 saturated heterocycles. The second-order valence-corrected chi connectivity index (χ2v) is 6.45. The maximum atomic E-state index is 12.2. The maximum absolute atomic E-state index is 12.2. The third-order valence-electron chi connectivity index (χ3n) is 4.19. The molecule has 1 aliphatic heterocycles. The minimum atomic E-state index is -0.597. The number of amides is 2. The van der Waals surface area contributed by atoms with Crippen LogP contribution in [0.15, 0.2) is 41.0 Å². The number of nitrogens with one attached hydrogen (secondary N) is 1. The molecule has 10 heteroatoms. The Morgan fingerprint density at radius 2 is 1.96 bits per heavy atom. The largest absolute Gasteiger partial charge is 0.459 e. The molecule has 0 bridgehead atoms. The van der Waals surface area contributed by atoms with Gasteiger partial charge in [0.15, 0.2) is 5.76 Å². The lowest BCUT2D eigenvalue weighted by atomic mass is 10.2. The highest BCUT2D eigenvalue weighted by Gasteiger charge is 2.25. The number of hydrogen-bond acceptors (Lipinski definition) is 6. The number of rotatable bonds is 5. The highest BCUT2D eigenvalue weighted by Crippen LogP contribution is 2.27. The molecule has 0 unspecified atom stereocenters. The molecule has 142 valence electrons.